The third kappa shape index (κ3) is 2.55. The van der Waals surface area contributed by atoms with Crippen molar-refractivity contribution in [1.29, 1.82) is 10.5 Å². The molecule has 0 aliphatic heterocycles. The van der Waals surface area contributed by atoms with E-state index in [1.807, 2.05) is 11.5 Å². The summed E-state index contributed by atoms with van der Waals surface area (Å²) in [6, 6.07) is 7.15. The van der Waals surface area contributed by atoms with E-state index in [0.717, 1.165) is 22.2 Å². The van der Waals surface area contributed by atoms with Gasteiger partial charge in [0.05, 0.1) is 6.07 Å². The van der Waals surface area contributed by atoms with Crippen molar-refractivity contribution in [3.8, 4) is 11.5 Å². The molecule has 1 aromatic carbocycles. The van der Waals surface area contributed by atoms with Crippen molar-refractivity contribution in [2.24, 2.45) is 0 Å². The summed E-state index contributed by atoms with van der Waals surface area (Å²) in [4.78, 5) is 0.819. The van der Waals surface area contributed by atoms with Crippen LogP contribution >= 0.6 is 11.8 Å². The molecule has 1 rings (SSSR count). The average Bonchev–Trinajstić information content (AvgIpc) is 2.19. The largest absolute Gasteiger partial charge is 0.398 e. The van der Waals surface area contributed by atoms with E-state index in [1.54, 1.807) is 24.3 Å². The molecular weight excluding hydrogens is 194 g/mol. The number of allylic oxidation sites excluding steroid dienone is 1. The zero-order valence-electron chi connectivity index (χ0n) is 7.27. The Labute approximate surface area is 86.4 Å². The van der Waals surface area contributed by atoms with Gasteiger partial charge in [-0.3, -0.25) is 0 Å². The number of hydrogen-bond acceptors (Lipinski definition) is 4. The summed E-state index contributed by atoms with van der Waals surface area (Å²) in [5.41, 5.74) is 7.03. The molecule has 0 fully saturated rings. The SMILES string of the molecule is N#CC=Cc1cc(SC#N)ccc1N. The highest BCUT2D eigenvalue weighted by atomic mass is 32.2. The first-order valence-electron chi connectivity index (χ1n) is 3.79. The molecule has 0 atom stereocenters. The summed E-state index contributed by atoms with van der Waals surface area (Å²) in [6.45, 7) is 0. The van der Waals surface area contributed by atoms with Gasteiger partial charge in [0.2, 0.25) is 0 Å². The van der Waals surface area contributed by atoms with Crippen LogP contribution in [0.15, 0.2) is 29.2 Å². The Balaban J connectivity index is 3.04. The lowest BCUT2D eigenvalue weighted by Crippen LogP contribution is -1.88. The number of benzene rings is 1. The fourth-order valence-corrected chi connectivity index (χ4v) is 1.37. The minimum absolute atomic E-state index is 0.596. The summed E-state index contributed by atoms with van der Waals surface area (Å²) in [7, 11) is 0. The maximum Gasteiger partial charge on any atom is 0.138 e. The Hall–Kier alpha value is -1.91. The molecule has 0 saturated carbocycles. The van der Waals surface area contributed by atoms with Gasteiger partial charge in [0.25, 0.3) is 0 Å². The number of anilines is 1. The number of nitrogen functional groups attached to an aromatic ring is 1. The second kappa shape index (κ2) is 4.96. The van der Waals surface area contributed by atoms with Gasteiger partial charge in [0, 0.05) is 16.7 Å². The third-order valence-corrected chi connectivity index (χ3v) is 2.14. The van der Waals surface area contributed by atoms with Crippen molar-refractivity contribution in [1.82, 2.24) is 0 Å². The molecule has 3 nitrogen and oxygen atoms in total. The number of thioether (sulfide) groups is 1. The first-order chi connectivity index (χ1) is 6.77. The molecule has 14 heavy (non-hydrogen) atoms. The lowest BCUT2D eigenvalue weighted by atomic mass is 10.2. The quantitative estimate of drug-likeness (QED) is 0.345. The van der Waals surface area contributed by atoms with Crippen LogP contribution in [-0.2, 0) is 0 Å². The van der Waals surface area contributed by atoms with Gasteiger partial charge in [0.15, 0.2) is 0 Å². The molecule has 0 bridgehead atoms. The number of rotatable bonds is 2. The van der Waals surface area contributed by atoms with Crippen LogP contribution in [0.5, 0.6) is 0 Å². The van der Waals surface area contributed by atoms with Gasteiger partial charge in [-0.15, -0.1) is 0 Å². The average molecular weight is 201 g/mol. The Morgan fingerprint density at radius 1 is 1.36 bits per heavy atom. The Morgan fingerprint density at radius 3 is 2.79 bits per heavy atom. The molecule has 0 amide bonds. The van der Waals surface area contributed by atoms with Gasteiger partial charge in [-0.1, -0.05) is 0 Å². The first-order valence-corrected chi connectivity index (χ1v) is 4.61. The molecule has 0 aliphatic carbocycles. The van der Waals surface area contributed by atoms with E-state index in [9.17, 15) is 0 Å². The van der Waals surface area contributed by atoms with Gasteiger partial charge in [-0.25, -0.2) is 0 Å². The second-order valence-electron chi connectivity index (χ2n) is 2.45. The van der Waals surface area contributed by atoms with E-state index in [-0.39, 0.29) is 0 Å². The van der Waals surface area contributed by atoms with Crippen LogP contribution in [0, 0.1) is 22.0 Å². The second-order valence-corrected chi connectivity index (χ2v) is 3.30. The van der Waals surface area contributed by atoms with E-state index in [4.69, 9.17) is 16.3 Å². The van der Waals surface area contributed by atoms with Gasteiger partial charge >= 0.3 is 0 Å². The van der Waals surface area contributed by atoms with E-state index in [2.05, 4.69) is 0 Å². The molecule has 0 unspecified atom stereocenters. The number of nitriles is 2. The molecule has 1 aromatic rings. The van der Waals surface area contributed by atoms with Crippen LogP contribution < -0.4 is 5.73 Å². The summed E-state index contributed by atoms with van der Waals surface area (Å²) in [5, 5.41) is 18.8. The fourth-order valence-electron chi connectivity index (χ4n) is 0.940. The minimum Gasteiger partial charge on any atom is -0.398 e. The predicted molar refractivity (Wildman–Crippen MR) is 57.0 cm³/mol. The van der Waals surface area contributed by atoms with Gasteiger partial charge in [-0.2, -0.15) is 10.5 Å². The van der Waals surface area contributed by atoms with Crippen molar-refractivity contribution in [2.75, 3.05) is 5.73 Å². The topological polar surface area (TPSA) is 73.6 Å². The highest BCUT2D eigenvalue weighted by Crippen LogP contribution is 2.22. The molecular formula is C10H7N3S. The van der Waals surface area contributed by atoms with E-state index >= 15 is 0 Å². The predicted octanol–water partition coefficient (Wildman–Crippen LogP) is 2.38. The van der Waals surface area contributed by atoms with Crippen molar-refractivity contribution in [2.45, 2.75) is 4.90 Å². The zero-order valence-corrected chi connectivity index (χ0v) is 8.08. The number of nitrogens with zero attached hydrogens (tertiary/aromatic N) is 2. The maximum absolute atomic E-state index is 8.47. The lowest BCUT2D eigenvalue weighted by Gasteiger charge is -2.00. The minimum atomic E-state index is 0.596. The van der Waals surface area contributed by atoms with Crippen LogP contribution in [0.3, 0.4) is 0 Å². The molecule has 68 valence electrons. The lowest BCUT2D eigenvalue weighted by molar-refractivity contribution is 1.45. The van der Waals surface area contributed by atoms with Crippen LogP contribution in [0.2, 0.25) is 0 Å². The number of hydrogen-bond donors (Lipinski definition) is 1. The van der Waals surface area contributed by atoms with Crippen LogP contribution in [-0.4, -0.2) is 0 Å². The molecule has 0 aromatic heterocycles. The van der Waals surface area contributed by atoms with Crippen LogP contribution in [0.1, 0.15) is 5.56 Å². The fraction of sp³-hybridized carbons (Fsp3) is 0. The highest BCUT2D eigenvalue weighted by Gasteiger charge is 1.98. The van der Waals surface area contributed by atoms with Crippen molar-refractivity contribution >= 4 is 23.5 Å². The van der Waals surface area contributed by atoms with Crippen LogP contribution in [0.4, 0.5) is 5.69 Å². The summed E-state index contributed by atoms with van der Waals surface area (Å²) < 4.78 is 0. The summed E-state index contributed by atoms with van der Waals surface area (Å²) >= 11 is 1.06. The van der Waals surface area contributed by atoms with Gasteiger partial charge < -0.3 is 5.73 Å². The number of thiocyanates is 1. The molecule has 0 radical (unpaired) electrons. The molecule has 2 N–H and O–H groups in total. The molecule has 0 aliphatic rings. The van der Waals surface area contributed by atoms with E-state index in [1.165, 1.54) is 6.08 Å². The Bertz CT molecular complexity index is 438. The smallest absolute Gasteiger partial charge is 0.138 e. The Morgan fingerprint density at radius 2 is 2.14 bits per heavy atom. The molecule has 0 heterocycles. The normalized spacial score (nSPS) is 9.57. The third-order valence-electron chi connectivity index (χ3n) is 1.56. The standard InChI is InChI=1S/C10H7N3S/c11-5-1-2-8-6-9(14-7-12)3-4-10(8)13/h1-4,6H,13H2. The summed E-state index contributed by atoms with van der Waals surface area (Å²) in [6.07, 6.45) is 2.98. The monoisotopic (exact) mass is 201 g/mol. The van der Waals surface area contributed by atoms with Gasteiger partial charge in [-0.05, 0) is 41.6 Å². The van der Waals surface area contributed by atoms with E-state index < -0.39 is 0 Å². The van der Waals surface area contributed by atoms with E-state index in [0.29, 0.717) is 5.69 Å². The zero-order chi connectivity index (χ0) is 10.4. The molecule has 4 heteroatoms. The molecule has 0 saturated heterocycles. The molecule has 0 spiro atoms. The van der Waals surface area contributed by atoms with Crippen molar-refractivity contribution in [3.63, 3.8) is 0 Å². The van der Waals surface area contributed by atoms with Gasteiger partial charge in [0.1, 0.15) is 5.40 Å². The maximum atomic E-state index is 8.47. The summed E-state index contributed by atoms with van der Waals surface area (Å²) in [5.74, 6) is 0. The first kappa shape index (κ1) is 10.2. The van der Waals surface area contributed by atoms with Crippen molar-refractivity contribution in [3.05, 3.63) is 29.8 Å². The van der Waals surface area contributed by atoms with Crippen molar-refractivity contribution < 1.29 is 0 Å². The highest BCUT2D eigenvalue weighted by molar-refractivity contribution is 8.03. The Kier molecular flexibility index (Phi) is 3.60. The van der Waals surface area contributed by atoms with Crippen LogP contribution in [0.25, 0.3) is 6.08 Å². The number of nitrogens with two attached hydrogens (primary N) is 1.